The van der Waals surface area contributed by atoms with Gasteiger partial charge in [0.15, 0.2) is 0 Å². The fourth-order valence-corrected chi connectivity index (χ4v) is 2.92. The topological polar surface area (TPSA) is 86.7 Å². The molecule has 1 aliphatic carbocycles. The number of hydrogen-bond donors (Lipinski definition) is 2. The van der Waals surface area contributed by atoms with Crippen molar-refractivity contribution in [1.29, 1.82) is 0 Å². The van der Waals surface area contributed by atoms with Gasteiger partial charge in [0.25, 0.3) is 0 Å². The van der Waals surface area contributed by atoms with Crippen LogP contribution in [0.4, 0.5) is 0 Å². The Morgan fingerprint density at radius 3 is 2.57 bits per heavy atom. The van der Waals surface area contributed by atoms with Crippen LogP contribution in [0.3, 0.4) is 0 Å². The quantitative estimate of drug-likeness (QED) is 0.792. The van der Waals surface area contributed by atoms with Crippen molar-refractivity contribution in [1.82, 2.24) is 10.2 Å². The number of amides is 2. The van der Waals surface area contributed by atoms with Gasteiger partial charge in [0, 0.05) is 25.4 Å². The molecule has 0 spiro atoms. The van der Waals surface area contributed by atoms with E-state index in [1.807, 2.05) is 6.92 Å². The van der Waals surface area contributed by atoms with Crippen molar-refractivity contribution in [3.63, 3.8) is 0 Å². The van der Waals surface area contributed by atoms with Gasteiger partial charge in [-0.25, -0.2) is 4.79 Å². The Balaban J connectivity index is 1.79. The summed E-state index contributed by atoms with van der Waals surface area (Å²) in [5.74, 6) is -0.539. The lowest BCUT2D eigenvalue weighted by Crippen LogP contribution is -2.45. The Hall–Kier alpha value is -1.59. The van der Waals surface area contributed by atoms with E-state index >= 15 is 0 Å². The van der Waals surface area contributed by atoms with Crippen LogP contribution in [0.15, 0.2) is 0 Å². The lowest BCUT2D eigenvalue weighted by atomic mass is 10.1. The van der Waals surface area contributed by atoms with Gasteiger partial charge >= 0.3 is 5.97 Å². The first-order chi connectivity index (χ1) is 10.0. The molecule has 2 aliphatic rings. The maximum absolute atomic E-state index is 12.2. The zero-order valence-electron chi connectivity index (χ0n) is 12.5. The van der Waals surface area contributed by atoms with E-state index in [-0.39, 0.29) is 24.2 Å². The molecule has 0 radical (unpaired) electrons. The van der Waals surface area contributed by atoms with Gasteiger partial charge in [0.2, 0.25) is 11.8 Å². The van der Waals surface area contributed by atoms with E-state index in [1.54, 1.807) is 0 Å². The number of nitrogens with zero attached hydrogens (tertiary/aromatic N) is 1. The van der Waals surface area contributed by atoms with Gasteiger partial charge in [0.1, 0.15) is 6.04 Å². The molecule has 3 atom stereocenters. The van der Waals surface area contributed by atoms with Crippen molar-refractivity contribution < 1.29 is 19.5 Å². The van der Waals surface area contributed by atoms with E-state index in [2.05, 4.69) is 5.32 Å². The number of nitrogens with one attached hydrogen (secondary N) is 1. The fraction of sp³-hybridized carbons (Fsp3) is 0.800. The molecule has 1 aliphatic heterocycles. The van der Waals surface area contributed by atoms with Gasteiger partial charge in [-0.2, -0.15) is 0 Å². The number of carbonyl (C=O) groups is 3. The Morgan fingerprint density at radius 1 is 1.24 bits per heavy atom. The summed E-state index contributed by atoms with van der Waals surface area (Å²) in [5.41, 5.74) is 0. The molecule has 1 heterocycles. The highest BCUT2D eigenvalue weighted by Crippen LogP contribution is 2.37. The average Bonchev–Trinajstić information content (AvgIpc) is 3.19. The third-order valence-electron chi connectivity index (χ3n) is 4.44. The van der Waals surface area contributed by atoms with E-state index in [9.17, 15) is 19.5 Å². The molecule has 1 saturated carbocycles. The van der Waals surface area contributed by atoms with Crippen molar-refractivity contribution in [2.45, 2.75) is 51.5 Å². The van der Waals surface area contributed by atoms with E-state index in [0.29, 0.717) is 25.4 Å². The molecule has 1 saturated heterocycles. The van der Waals surface area contributed by atoms with E-state index in [1.165, 1.54) is 4.90 Å². The molecule has 3 unspecified atom stereocenters. The number of carboxylic acid groups (broad SMARTS) is 1. The second kappa shape index (κ2) is 6.91. The highest BCUT2D eigenvalue weighted by Gasteiger charge is 2.39. The number of hydrogen-bond acceptors (Lipinski definition) is 3. The van der Waals surface area contributed by atoms with Crippen LogP contribution in [0.5, 0.6) is 0 Å². The first-order valence-electron chi connectivity index (χ1n) is 7.80. The minimum Gasteiger partial charge on any atom is -0.480 e. The van der Waals surface area contributed by atoms with E-state index in [0.717, 1.165) is 25.7 Å². The average molecular weight is 296 g/mol. The van der Waals surface area contributed by atoms with E-state index in [4.69, 9.17) is 0 Å². The molecule has 21 heavy (non-hydrogen) atoms. The molecule has 6 heteroatoms. The standard InChI is InChI=1S/C15H24N2O4/c1-10-9-11(10)14(19)16-7-6-13(18)17-8-4-2-3-5-12(17)15(20)21/h10-12H,2-9H2,1H3,(H,16,19)(H,20,21). The summed E-state index contributed by atoms with van der Waals surface area (Å²) >= 11 is 0. The lowest BCUT2D eigenvalue weighted by molar-refractivity contribution is -0.150. The first-order valence-corrected chi connectivity index (χ1v) is 7.80. The van der Waals surface area contributed by atoms with Crippen LogP contribution in [-0.4, -0.2) is 46.9 Å². The third kappa shape index (κ3) is 4.19. The zero-order chi connectivity index (χ0) is 15.4. The minimum absolute atomic E-state index is 0.0148. The second-order valence-electron chi connectivity index (χ2n) is 6.15. The number of likely N-dealkylation sites (tertiary alicyclic amines) is 1. The molecule has 0 aromatic carbocycles. The molecular weight excluding hydrogens is 272 g/mol. The monoisotopic (exact) mass is 296 g/mol. The highest BCUT2D eigenvalue weighted by atomic mass is 16.4. The summed E-state index contributed by atoms with van der Waals surface area (Å²) in [6, 6.07) is -0.709. The molecule has 0 bridgehead atoms. The maximum atomic E-state index is 12.2. The zero-order valence-corrected chi connectivity index (χ0v) is 12.5. The fourth-order valence-electron chi connectivity index (χ4n) is 2.92. The molecule has 118 valence electrons. The maximum Gasteiger partial charge on any atom is 0.326 e. The molecule has 0 aromatic rings. The number of carbonyl (C=O) groups excluding carboxylic acids is 2. The smallest absolute Gasteiger partial charge is 0.326 e. The van der Waals surface area contributed by atoms with Gasteiger partial charge in [-0.3, -0.25) is 9.59 Å². The summed E-state index contributed by atoms with van der Waals surface area (Å²) < 4.78 is 0. The largest absolute Gasteiger partial charge is 0.480 e. The van der Waals surface area contributed by atoms with Gasteiger partial charge in [0.05, 0.1) is 0 Å². The van der Waals surface area contributed by atoms with Gasteiger partial charge in [-0.15, -0.1) is 0 Å². The van der Waals surface area contributed by atoms with Gasteiger partial charge in [-0.1, -0.05) is 19.8 Å². The van der Waals surface area contributed by atoms with Crippen LogP contribution >= 0.6 is 0 Å². The molecule has 2 N–H and O–H groups in total. The van der Waals surface area contributed by atoms with Crippen molar-refractivity contribution in [3.05, 3.63) is 0 Å². The first kappa shape index (κ1) is 15.8. The number of carboxylic acids is 1. The van der Waals surface area contributed by atoms with Crippen LogP contribution in [-0.2, 0) is 14.4 Å². The van der Waals surface area contributed by atoms with Crippen LogP contribution in [0, 0.1) is 11.8 Å². The Morgan fingerprint density at radius 2 is 1.95 bits per heavy atom. The Kier molecular flexibility index (Phi) is 5.20. The van der Waals surface area contributed by atoms with Crippen LogP contribution in [0.1, 0.15) is 45.4 Å². The molecular formula is C15H24N2O4. The van der Waals surface area contributed by atoms with Crippen LogP contribution in [0.2, 0.25) is 0 Å². The van der Waals surface area contributed by atoms with Crippen LogP contribution in [0.25, 0.3) is 0 Å². The summed E-state index contributed by atoms with van der Waals surface area (Å²) in [4.78, 5) is 36.6. The lowest BCUT2D eigenvalue weighted by Gasteiger charge is -2.27. The second-order valence-corrected chi connectivity index (χ2v) is 6.15. The Labute approximate surface area is 124 Å². The Bertz CT molecular complexity index is 424. The van der Waals surface area contributed by atoms with Crippen molar-refractivity contribution in [2.24, 2.45) is 11.8 Å². The SMILES string of the molecule is CC1CC1C(=O)NCCC(=O)N1CCCCCC1C(=O)O. The summed E-state index contributed by atoms with van der Waals surface area (Å²) in [7, 11) is 0. The molecule has 2 amide bonds. The number of aliphatic carboxylic acids is 1. The van der Waals surface area contributed by atoms with E-state index < -0.39 is 12.0 Å². The predicted molar refractivity (Wildman–Crippen MR) is 76.5 cm³/mol. The summed E-state index contributed by atoms with van der Waals surface area (Å²) in [6.45, 7) is 2.83. The van der Waals surface area contributed by atoms with Crippen LogP contribution < -0.4 is 5.32 Å². The normalized spacial score (nSPS) is 28.6. The minimum atomic E-state index is -0.930. The van der Waals surface area contributed by atoms with Gasteiger partial charge < -0.3 is 15.3 Å². The summed E-state index contributed by atoms with van der Waals surface area (Å²) in [6.07, 6.45) is 4.28. The summed E-state index contributed by atoms with van der Waals surface area (Å²) in [5, 5.41) is 12.0. The van der Waals surface area contributed by atoms with Crippen molar-refractivity contribution >= 4 is 17.8 Å². The number of rotatable bonds is 5. The highest BCUT2D eigenvalue weighted by molar-refractivity contribution is 5.85. The molecule has 2 rings (SSSR count). The van der Waals surface area contributed by atoms with Crippen molar-refractivity contribution in [2.75, 3.05) is 13.1 Å². The van der Waals surface area contributed by atoms with Gasteiger partial charge in [-0.05, 0) is 25.2 Å². The predicted octanol–water partition coefficient (Wildman–Crippen LogP) is 1.00. The third-order valence-corrected chi connectivity index (χ3v) is 4.44. The molecule has 0 aromatic heterocycles. The van der Waals surface area contributed by atoms with Crippen molar-refractivity contribution in [3.8, 4) is 0 Å². The molecule has 2 fully saturated rings. The molecule has 6 nitrogen and oxygen atoms in total.